The van der Waals surface area contributed by atoms with Gasteiger partial charge in [-0.2, -0.15) is 114 Å². The van der Waals surface area contributed by atoms with E-state index in [1.165, 1.54) is 0 Å². The van der Waals surface area contributed by atoms with Crippen molar-refractivity contribution in [1.82, 2.24) is 0 Å². The van der Waals surface area contributed by atoms with Crippen molar-refractivity contribution in [2.45, 2.75) is 0 Å². The summed E-state index contributed by atoms with van der Waals surface area (Å²) in [5.74, 6) is 0. The minimum atomic E-state index is -2.15. The molecule has 1 atom stereocenters. The predicted molar refractivity (Wildman–Crippen MR) is 119 cm³/mol. The predicted octanol–water partition coefficient (Wildman–Crippen LogP) is 5.93. The number of rotatable bonds is 1. The molecule has 2 nitrogen and oxygen atoms in total. The van der Waals surface area contributed by atoms with Gasteiger partial charge in [0.1, 0.15) is 0 Å². The molecule has 0 radical (unpaired) electrons. The van der Waals surface area contributed by atoms with Gasteiger partial charge < -0.3 is 0 Å². The Kier molecular flexibility index (Phi) is 22.2. The minimum Gasteiger partial charge on any atom is -0.184 e. The average molecular weight is 512 g/mol. The standard InChI is InChI=1S/C6H5O2P.3C6H5.ClH.Rh/c7-9(8)6-4-2-1-3-5-6;3*1-2-4-6-5-3-1;;/h1-5H;3*1-5H;1H;/q;3*-1;;+3/p+1. The fraction of sp³-hybridized carbons (Fsp3) is 0. The van der Waals surface area contributed by atoms with Crippen molar-refractivity contribution in [1.29, 1.82) is 0 Å². The summed E-state index contributed by atoms with van der Waals surface area (Å²) >= 11 is 0. The zero-order valence-electron chi connectivity index (χ0n) is 15.6. The Labute approximate surface area is 193 Å². The SMILES string of the molecule is Cl.O=[P+](O)c1ccccc1.[Rh+3].[c-]1ccccc1.[c-]1ccccc1.[c-]1ccccc1. The van der Waals surface area contributed by atoms with Gasteiger partial charge in [0, 0.05) is 0 Å². The van der Waals surface area contributed by atoms with Crippen LogP contribution in [0, 0.1) is 18.2 Å². The second-order valence-electron chi connectivity index (χ2n) is 4.84. The second kappa shape index (κ2) is 22.1. The van der Waals surface area contributed by atoms with E-state index in [1.54, 1.807) is 24.3 Å². The van der Waals surface area contributed by atoms with Crippen LogP contribution in [0.25, 0.3) is 0 Å². The second-order valence-corrected chi connectivity index (χ2v) is 5.90. The third kappa shape index (κ3) is 19.0. The van der Waals surface area contributed by atoms with Crippen molar-refractivity contribution in [3.05, 3.63) is 140 Å². The molecule has 0 aliphatic carbocycles. The number of hydrogen-bond acceptors (Lipinski definition) is 1. The maximum Gasteiger partial charge on any atom is 3.00 e. The van der Waals surface area contributed by atoms with E-state index in [4.69, 9.17) is 4.89 Å². The van der Waals surface area contributed by atoms with Gasteiger partial charge in [0.05, 0.1) is 0 Å². The van der Waals surface area contributed by atoms with E-state index in [0.717, 1.165) is 0 Å². The van der Waals surface area contributed by atoms with Gasteiger partial charge in [-0.25, -0.2) is 0 Å². The Morgan fingerprint density at radius 2 is 0.828 bits per heavy atom. The minimum absolute atomic E-state index is 0. The summed E-state index contributed by atoms with van der Waals surface area (Å²) in [6.07, 6.45) is 0. The van der Waals surface area contributed by atoms with Crippen molar-refractivity contribution in [3.63, 3.8) is 0 Å². The first-order valence-corrected chi connectivity index (χ1v) is 9.46. The van der Waals surface area contributed by atoms with E-state index in [9.17, 15) is 4.57 Å². The van der Waals surface area contributed by atoms with Crippen LogP contribution in [-0.2, 0) is 24.0 Å². The first-order chi connectivity index (χ1) is 13.3. The average Bonchev–Trinajstić information content (AvgIpc) is 2.79. The van der Waals surface area contributed by atoms with Gasteiger partial charge in [-0.05, 0) is 16.7 Å². The van der Waals surface area contributed by atoms with Gasteiger partial charge in [-0.1, -0.05) is 18.2 Å². The molecule has 4 rings (SSSR count). The zero-order valence-corrected chi connectivity index (χ0v) is 18.9. The maximum atomic E-state index is 10.3. The number of hydrogen-bond donors (Lipinski definition) is 1. The third-order valence-electron chi connectivity index (χ3n) is 2.80. The molecule has 0 aromatic heterocycles. The van der Waals surface area contributed by atoms with Crippen molar-refractivity contribution in [2.75, 3.05) is 0 Å². The Morgan fingerprint density at radius 3 is 0.966 bits per heavy atom. The molecule has 0 spiro atoms. The van der Waals surface area contributed by atoms with Crippen molar-refractivity contribution < 1.29 is 28.9 Å². The number of benzene rings is 4. The van der Waals surface area contributed by atoms with Crippen LogP contribution in [0.15, 0.2) is 121 Å². The van der Waals surface area contributed by atoms with Crippen molar-refractivity contribution >= 4 is 25.7 Å². The Morgan fingerprint density at radius 1 is 0.552 bits per heavy atom. The molecule has 1 unspecified atom stereocenters. The van der Waals surface area contributed by atoms with E-state index in [-0.39, 0.29) is 31.9 Å². The molecule has 0 heterocycles. The van der Waals surface area contributed by atoms with Gasteiger partial charge in [-0.3, -0.25) is 0 Å². The summed E-state index contributed by atoms with van der Waals surface area (Å²) in [6.45, 7) is 0. The topological polar surface area (TPSA) is 37.3 Å². The van der Waals surface area contributed by atoms with Gasteiger partial charge in [0.2, 0.25) is 5.30 Å². The fourth-order valence-corrected chi connectivity index (χ4v) is 2.01. The fourth-order valence-electron chi connectivity index (χ4n) is 1.58. The normalized spacial score (nSPS) is 8.38. The monoisotopic (exact) mass is 511 g/mol. The quantitative estimate of drug-likeness (QED) is 0.195. The Bertz CT molecular complexity index is 650. The van der Waals surface area contributed by atoms with Crippen LogP contribution in [0.1, 0.15) is 0 Å². The Hall–Kier alpha value is -2.15. The molecule has 0 saturated heterocycles. The summed E-state index contributed by atoms with van der Waals surface area (Å²) < 4.78 is 10.3. The molecule has 0 amide bonds. The molecular weight excluding hydrogens is 490 g/mol. The molecule has 4 aromatic rings. The van der Waals surface area contributed by atoms with Crippen LogP contribution >= 0.6 is 20.4 Å². The van der Waals surface area contributed by atoms with Crippen molar-refractivity contribution in [3.8, 4) is 0 Å². The van der Waals surface area contributed by atoms with E-state index in [2.05, 4.69) is 18.2 Å². The summed E-state index contributed by atoms with van der Waals surface area (Å²) in [6, 6.07) is 46.0. The number of halogens is 1. The molecular formula is C24H22ClO2PRh+. The molecule has 1 N–H and O–H groups in total. The van der Waals surface area contributed by atoms with E-state index in [1.807, 2.05) is 97.1 Å². The van der Waals surface area contributed by atoms with Crippen LogP contribution in [0.3, 0.4) is 0 Å². The van der Waals surface area contributed by atoms with Crippen LogP contribution in [0.5, 0.6) is 0 Å². The van der Waals surface area contributed by atoms with Crippen LogP contribution in [0.2, 0.25) is 0 Å². The molecule has 4 aromatic carbocycles. The maximum absolute atomic E-state index is 10.3. The van der Waals surface area contributed by atoms with E-state index in [0.29, 0.717) is 5.30 Å². The van der Waals surface area contributed by atoms with Gasteiger partial charge in [-0.15, -0.1) is 12.4 Å². The molecule has 150 valence electrons. The summed E-state index contributed by atoms with van der Waals surface area (Å²) in [5.41, 5.74) is 0. The summed E-state index contributed by atoms with van der Waals surface area (Å²) in [4.78, 5) is 8.53. The van der Waals surface area contributed by atoms with Gasteiger partial charge >= 0.3 is 27.5 Å². The van der Waals surface area contributed by atoms with E-state index >= 15 is 0 Å². The van der Waals surface area contributed by atoms with Crippen LogP contribution in [-0.4, -0.2) is 4.89 Å². The summed E-state index contributed by atoms with van der Waals surface area (Å²) in [5, 5.41) is 0.479. The smallest absolute Gasteiger partial charge is 0.184 e. The molecule has 29 heavy (non-hydrogen) atoms. The Balaban J connectivity index is 0. The van der Waals surface area contributed by atoms with Crippen LogP contribution in [0.4, 0.5) is 0 Å². The van der Waals surface area contributed by atoms with Gasteiger partial charge in [0.25, 0.3) is 0 Å². The molecule has 0 aliphatic heterocycles. The molecule has 5 heteroatoms. The van der Waals surface area contributed by atoms with Gasteiger partial charge in [0.15, 0.2) is 0 Å². The van der Waals surface area contributed by atoms with Crippen LogP contribution < -0.4 is 5.30 Å². The molecule has 0 bridgehead atoms. The molecule has 0 aliphatic rings. The molecule has 0 fully saturated rings. The third-order valence-corrected chi connectivity index (χ3v) is 3.54. The largest absolute Gasteiger partial charge is 3.00 e. The first kappa shape index (κ1) is 29.1. The zero-order chi connectivity index (χ0) is 19.4. The molecule has 0 saturated carbocycles. The van der Waals surface area contributed by atoms with E-state index < -0.39 is 8.03 Å². The summed E-state index contributed by atoms with van der Waals surface area (Å²) in [7, 11) is -2.15. The van der Waals surface area contributed by atoms with Crippen molar-refractivity contribution in [2.24, 2.45) is 0 Å². The first-order valence-electron chi connectivity index (χ1n) is 8.25.